The summed E-state index contributed by atoms with van der Waals surface area (Å²) in [6.07, 6.45) is 6.13. The van der Waals surface area contributed by atoms with E-state index >= 15 is 0 Å². The minimum atomic E-state index is -1.09. The number of aromatic nitrogens is 1. The predicted molar refractivity (Wildman–Crippen MR) is 172 cm³/mol. The van der Waals surface area contributed by atoms with Crippen molar-refractivity contribution < 1.29 is 24.9 Å². The van der Waals surface area contributed by atoms with Crippen LogP contribution >= 0.6 is 0 Å². The second kappa shape index (κ2) is 11.6. The number of fused-ring (bicyclic) bond motifs is 4. The average Bonchev–Trinajstić information content (AvgIpc) is 3.47. The predicted octanol–water partition coefficient (Wildman–Crippen LogP) is 6.27. The second-order valence-corrected chi connectivity index (χ2v) is 10.7. The maximum atomic E-state index is 13.3. The van der Waals surface area contributed by atoms with Crippen molar-refractivity contribution in [3.8, 4) is 5.75 Å². The fourth-order valence-corrected chi connectivity index (χ4v) is 5.95. The van der Waals surface area contributed by atoms with Crippen LogP contribution in [0.2, 0.25) is 0 Å². The summed E-state index contributed by atoms with van der Waals surface area (Å²) in [5.74, 6) is -0.786. The molecule has 0 aliphatic carbocycles. The maximum Gasteiger partial charge on any atom is 0.326 e. The zero-order valence-electron chi connectivity index (χ0n) is 23.7. The molecule has 7 heteroatoms. The summed E-state index contributed by atoms with van der Waals surface area (Å²) < 4.78 is 6.80. The van der Waals surface area contributed by atoms with E-state index in [9.17, 15) is 14.7 Å². The van der Waals surface area contributed by atoms with Gasteiger partial charge in [-0.1, -0.05) is 91.0 Å². The Morgan fingerprint density at radius 3 is 2.20 bits per heavy atom. The number of carbonyl (C=O) groups excluding carboxylic acids is 1. The molecule has 1 amide bonds. The number of rotatable bonds is 7. The normalized spacial score (nSPS) is 13.8. The molecule has 1 atom stereocenters. The van der Waals surface area contributed by atoms with Gasteiger partial charge in [0.05, 0.1) is 0 Å². The molecule has 0 spiro atoms. The molecule has 1 aromatic heterocycles. The van der Waals surface area contributed by atoms with E-state index in [2.05, 4.69) is 46.7 Å². The molecule has 1 aliphatic heterocycles. The van der Waals surface area contributed by atoms with Crippen molar-refractivity contribution in [2.75, 3.05) is 0 Å². The largest absolute Gasteiger partial charge is 0.480 e. The van der Waals surface area contributed by atoms with Crippen molar-refractivity contribution in [3.05, 3.63) is 155 Å². The smallest absolute Gasteiger partial charge is 0.326 e. The van der Waals surface area contributed by atoms with Crippen LogP contribution in [0, 0.1) is 0 Å². The van der Waals surface area contributed by atoms with Gasteiger partial charge in [-0.15, -0.1) is 0 Å². The molecule has 44 heavy (non-hydrogen) atoms. The molecular weight excluding hydrogens is 552 g/mol. The number of amides is 1. The molecule has 0 saturated carbocycles. The SMILES string of the molecule is O.O=C(N[C@@H](Cc1c[nH]c2ccccc12)C(=O)O)c1ccc2c3c(ccc2c1)OC(c1ccccc1)(c1ccccc1)C=C3. The number of carboxylic acid groups (broad SMARTS) is 1. The standard InChI is InChI=1S/C37H28N2O4.H2O/c40-35(39-33(36(41)42)22-26-23-38-32-14-8-7-13-30(26)32)25-15-17-29-24(21-25)16-18-34-31(29)19-20-37(43-34,27-9-3-1-4-10-27)28-11-5-2-6-12-28;/h1-21,23,33,38H,22H2,(H,39,40)(H,41,42);1H2/t33-;/m0./s1. The van der Waals surface area contributed by atoms with E-state index in [0.29, 0.717) is 5.56 Å². The van der Waals surface area contributed by atoms with E-state index in [0.717, 1.165) is 49.7 Å². The highest BCUT2D eigenvalue weighted by molar-refractivity contribution is 6.02. The molecule has 7 nitrogen and oxygen atoms in total. The Kier molecular flexibility index (Phi) is 7.47. The van der Waals surface area contributed by atoms with E-state index in [4.69, 9.17) is 4.74 Å². The lowest BCUT2D eigenvalue weighted by Crippen LogP contribution is -2.42. The second-order valence-electron chi connectivity index (χ2n) is 10.7. The highest BCUT2D eigenvalue weighted by Gasteiger charge is 2.37. The van der Waals surface area contributed by atoms with Crippen LogP contribution in [0.5, 0.6) is 5.75 Å². The van der Waals surface area contributed by atoms with Crippen LogP contribution in [0.15, 0.2) is 128 Å². The third-order valence-electron chi connectivity index (χ3n) is 8.15. The summed E-state index contributed by atoms with van der Waals surface area (Å²) in [5.41, 5.74) is 4.35. The van der Waals surface area contributed by atoms with Gasteiger partial charge in [0, 0.05) is 45.8 Å². The van der Waals surface area contributed by atoms with Crippen molar-refractivity contribution in [1.29, 1.82) is 0 Å². The van der Waals surface area contributed by atoms with Crippen LogP contribution in [-0.4, -0.2) is 33.5 Å². The first-order valence-corrected chi connectivity index (χ1v) is 14.2. The van der Waals surface area contributed by atoms with Gasteiger partial charge in [0.25, 0.3) is 5.91 Å². The average molecular weight is 583 g/mol. The molecule has 0 radical (unpaired) electrons. The van der Waals surface area contributed by atoms with Crippen LogP contribution in [0.3, 0.4) is 0 Å². The van der Waals surface area contributed by atoms with Gasteiger partial charge < -0.3 is 25.6 Å². The fourth-order valence-electron chi connectivity index (χ4n) is 5.95. The molecule has 0 bridgehead atoms. The van der Waals surface area contributed by atoms with Gasteiger partial charge in [-0.3, -0.25) is 4.79 Å². The molecule has 218 valence electrons. The van der Waals surface area contributed by atoms with Gasteiger partial charge in [0.1, 0.15) is 11.8 Å². The summed E-state index contributed by atoms with van der Waals surface area (Å²) >= 11 is 0. The molecule has 0 fully saturated rings. The first-order valence-electron chi connectivity index (χ1n) is 14.2. The van der Waals surface area contributed by atoms with Crippen molar-refractivity contribution in [1.82, 2.24) is 10.3 Å². The minimum Gasteiger partial charge on any atom is -0.480 e. The Balaban J connectivity index is 0.00000343. The number of aromatic amines is 1. The van der Waals surface area contributed by atoms with Crippen molar-refractivity contribution >= 4 is 39.6 Å². The lowest BCUT2D eigenvalue weighted by atomic mass is 9.83. The lowest BCUT2D eigenvalue weighted by molar-refractivity contribution is -0.139. The fraction of sp³-hybridized carbons (Fsp3) is 0.0811. The number of hydrogen-bond acceptors (Lipinski definition) is 3. The van der Waals surface area contributed by atoms with E-state index < -0.39 is 23.5 Å². The topological polar surface area (TPSA) is 123 Å². The summed E-state index contributed by atoms with van der Waals surface area (Å²) in [5, 5.41) is 15.4. The highest BCUT2D eigenvalue weighted by atomic mass is 16.5. The molecular formula is C37H30N2O5. The third kappa shape index (κ3) is 4.99. The van der Waals surface area contributed by atoms with E-state index in [1.54, 1.807) is 18.3 Å². The third-order valence-corrected chi connectivity index (χ3v) is 8.15. The summed E-state index contributed by atoms with van der Waals surface area (Å²) in [6, 6.07) is 36.2. The summed E-state index contributed by atoms with van der Waals surface area (Å²) in [7, 11) is 0. The van der Waals surface area contributed by atoms with Crippen molar-refractivity contribution in [3.63, 3.8) is 0 Å². The Labute approximate surface area is 253 Å². The number of nitrogens with one attached hydrogen (secondary N) is 2. The first-order chi connectivity index (χ1) is 21.0. The molecule has 6 aromatic rings. The summed E-state index contributed by atoms with van der Waals surface area (Å²) in [4.78, 5) is 28.5. The zero-order valence-corrected chi connectivity index (χ0v) is 23.7. The van der Waals surface area contributed by atoms with Crippen LogP contribution < -0.4 is 10.1 Å². The number of carbonyl (C=O) groups is 2. The van der Waals surface area contributed by atoms with Crippen LogP contribution in [-0.2, 0) is 16.8 Å². The number of benzene rings is 5. The Bertz CT molecular complexity index is 1980. The van der Waals surface area contributed by atoms with Crippen LogP contribution in [0.25, 0.3) is 27.8 Å². The highest BCUT2D eigenvalue weighted by Crippen LogP contribution is 2.44. The maximum absolute atomic E-state index is 13.3. The van der Waals surface area contributed by atoms with Gasteiger partial charge in [-0.25, -0.2) is 4.79 Å². The monoisotopic (exact) mass is 582 g/mol. The number of carboxylic acids is 1. The van der Waals surface area contributed by atoms with E-state index in [1.807, 2.05) is 78.9 Å². The Morgan fingerprint density at radius 1 is 0.818 bits per heavy atom. The molecule has 2 heterocycles. The number of para-hydroxylation sites is 1. The number of ether oxygens (including phenoxy) is 1. The molecule has 7 rings (SSSR count). The van der Waals surface area contributed by atoms with Crippen LogP contribution in [0.1, 0.15) is 32.6 Å². The number of H-pyrrole nitrogens is 1. The Hall–Kier alpha value is -5.66. The van der Waals surface area contributed by atoms with Crippen LogP contribution in [0.4, 0.5) is 0 Å². The molecule has 0 unspecified atom stereocenters. The van der Waals surface area contributed by atoms with Crippen molar-refractivity contribution in [2.24, 2.45) is 0 Å². The van der Waals surface area contributed by atoms with Gasteiger partial charge >= 0.3 is 5.97 Å². The molecule has 5 aromatic carbocycles. The number of hydrogen-bond donors (Lipinski definition) is 3. The molecule has 5 N–H and O–H groups in total. The van der Waals surface area contributed by atoms with E-state index in [1.165, 1.54) is 0 Å². The minimum absolute atomic E-state index is 0. The van der Waals surface area contributed by atoms with Gasteiger partial charge in [0.15, 0.2) is 5.60 Å². The zero-order chi connectivity index (χ0) is 29.4. The first kappa shape index (κ1) is 28.5. The quantitative estimate of drug-likeness (QED) is 0.205. The van der Waals surface area contributed by atoms with Gasteiger partial charge in [-0.05, 0) is 52.8 Å². The molecule has 1 aliphatic rings. The van der Waals surface area contributed by atoms with Gasteiger partial charge in [-0.2, -0.15) is 0 Å². The lowest BCUT2D eigenvalue weighted by Gasteiger charge is -2.36. The molecule has 0 saturated heterocycles. The summed E-state index contributed by atoms with van der Waals surface area (Å²) in [6.45, 7) is 0. The van der Waals surface area contributed by atoms with Crippen molar-refractivity contribution in [2.45, 2.75) is 18.1 Å². The number of aliphatic carboxylic acids is 1. The van der Waals surface area contributed by atoms with Gasteiger partial charge in [0.2, 0.25) is 0 Å². The Morgan fingerprint density at radius 2 is 1.50 bits per heavy atom. The van der Waals surface area contributed by atoms with E-state index in [-0.39, 0.29) is 11.9 Å².